The molecule has 0 spiro atoms. The lowest BCUT2D eigenvalue weighted by molar-refractivity contribution is -0.160. The molecule has 0 saturated carbocycles. The third kappa shape index (κ3) is 3.42. The first kappa shape index (κ1) is 17.2. The first-order valence-electron chi connectivity index (χ1n) is 8.45. The van der Waals surface area contributed by atoms with Crippen molar-refractivity contribution in [1.82, 2.24) is 9.80 Å². The van der Waals surface area contributed by atoms with E-state index in [-0.39, 0.29) is 36.6 Å². The van der Waals surface area contributed by atoms with Gasteiger partial charge in [0.2, 0.25) is 5.91 Å². The van der Waals surface area contributed by atoms with Crippen LogP contribution < -0.4 is 0 Å². The molecule has 2 aliphatic heterocycles. The number of halogens is 1. The van der Waals surface area contributed by atoms with Gasteiger partial charge < -0.3 is 14.5 Å². The summed E-state index contributed by atoms with van der Waals surface area (Å²) in [5.74, 6) is 0.0523. The Balaban J connectivity index is 1.73. The molecule has 2 atom stereocenters. The summed E-state index contributed by atoms with van der Waals surface area (Å²) in [6, 6.07) is 7.16. The second kappa shape index (κ2) is 7.11. The van der Waals surface area contributed by atoms with Crippen LogP contribution in [0.2, 0.25) is 5.02 Å². The lowest BCUT2D eigenvalue weighted by Crippen LogP contribution is -2.56. The van der Waals surface area contributed by atoms with Crippen molar-refractivity contribution in [2.24, 2.45) is 0 Å². The number of ether oxygens (including phenoxy) is 1. The van der Waals surface area contributed by atoms with Gasteiger partial charge >= 0.3 is 0 Å². The van der Waals surface area contributed by atoms with E-state index in [1.165, 1.54) is 0 Å². The number of carbonyl (C=O) groups excluding carboxylic acids is 2. The molecule has 0 unspecified atom stereocenters. The summed E-state index contributed by atoms with van der Waals surface area (Å²) >= 11 is 5.89. The smallest absolute Gasteiger partial charge is 0.253 e. The number of nitrogens with zero attached hydrogens (tertiary/aromatic N) is 2. The highest BCUT2D eigenvalue weighted by atomic mass is 35.5. The van der Waals surface area contributed by atoms with Crippen molar-refractivity contribution in [3.63, 3.8) is 0 Å². The fourth-order valence-electron chi connectivity index (χ4n) is 3.66. The van der Waals surface area contributed by atoms with Crippen molar-refractivity contribution in [2.45, 2.75) is 44.9 Å². The summed E-state index contributed by atoms with van der Waals surface area (Å²) in [5, 5.41) is 0.618. The Labute approximate surface area is 147 Å². The molecule has 2 heterocycles. The summed E-state index contributed by atoms with van der Waals surface area (Å²) < 4.78 is 5.76. The second-order valence-corrected chi connectivity index (χ2v) is 7.12. The molecule has 6 heteroatoms. The normalized spacial score (nSPS) is 24.8. The van der Waals surface area contributed by atoms with Crippen LogP contribution in [0.1, 0.15) is 37.0 Å². The van der Waals surface area contributed by atoms with Crippen molar-refractivity contribution in [3.05, 3.63) is 34.9 Å². The highest BCUT2D eigenvalue weighted by Crippen LogP contribution is 2.26. The van der Waals surface area contributed by atoms with Gasteiger partial charge in [-0.05, 0) is 51.0 Å². The quantitative estimate of drug-likeness (QED) is 0.823. The molecule has 0 aromatic heterocycles. The van der Waals surface area contributed by atoms with E-state index in [9.17, 15) is 9.59 Å². The number of morpholine rings is 1. The van der Waals surface area contributed by atoms with Gasteiger partial charge in [-0.2, -0.15) is 0 Å². The van der Waals surface area contributed by atoms with Crippen LogP contribution in [0.5, 0.6) is 0 Å². The topological polar surface area (TPSA) is 49.9 Å². The van der Waals surface area contributed by atoms with Crippen LogP contribution in [0.4, 0.5) is 0 Å². The maximum Gasteiger partial charge on any atom is 0.253 e. The molecule has 130 valence electrons. The zero-order chi connectivity index (χ0) is 17.3. The monoisotopic (exact) mass is 350 g/mol. The maximum absolute atomic E-state index is 12.7. The number of hydrogen-bond acceptors (Lipinski definition) is 3. The summed E-state index contributed by atoms with van der Waals surface area (Å²) in [6.07, 6.45) is 1.50. The third-order valence-electron chi connectivity index (χ3n) is 4.81. The molecule has 0 radical (unpaired) electrons. The van der Waals surface area contributed by atoms with Gasteiger partial charge in [0.1, 0.15) is 6.61 Å². The van der Waals surface area contributed by atoms with Crippen LogP contribution in [-0.4, -0.2) is 59.5 Å². The second-order valence-electron chi connectivity index (χ2n) is 6.69. The Bertz CT molecular complexity index is 617. The van der Waals surface area contributed by atoms with E-state index >= 15 is 0 Å². The van der Waals surface area contributed by atoms with Crippen LogP contribution in [0.15, 0.2) is 24.3 Å². The highest BCUT2D eigenvalue weighted by molar-refractivity contribution is 6.30. The Morgan fingerprint density at radius 3 is 2.54 bits per heavy atom. The van der Waals surface area contributed by atoms with E-state index in [0.717, 1.165) is 12.8 Å². The van der Waals surface area contributed by atoms with Crippen molar-refractivity contribution >= 4 is 23.4 Å². The number of rotatable bonds is 2. The largest absolute Gasteiger partial charge is 0.366 e. The van der Waals surface area contributed by atoms with E-state index < -0.39 is 0 Å². The Hall–Kier alpha value is -1.59. The standard InChI is InChI=1S/C18H23ClN2O3/c1-12(2)21-15-7-9-20(10-8-16(15)24-11-17(21)22)18(23)13-3-5-14(19)6-4-13/h3-6,12,15-16H,7-11H2,1-2H3/t15-,16-/m0/s1. The molecular weight excluding hydrogens is 328 g/mol. The van der Waals surface area contributed by atoms with Crippen molar-refractivity contribution in [3.8, 4) is 0 Å². The molecule has 2 aliphatic rings. The molecule has 0 bridgehead atoms. The average Bonchev–Trinajstić information content (AvgIpc) is 2.77. The van der Waals surface area contributed by atoms with Gasteiger partial charge in [0, 0.05) is 29.7 Å². The number of fused-ring (bicyclic) bond motifs is 1. The summed E-state index contributed by atoms with van der Waals surface area (Å²) in [4.78, 5) is 28.7. The number of likely N-dealkylation sites (tertiary alicyclic amines) is 1. The predicted octanol–water partition coefficient (Wildman–Crippen LogP) is 2.58. The van der Waals surface area contributed by atoms with Crippen LogP contribution in [0.3, 0.4) is 0 Å². The number of amides is 2. The molecule has 2 fully saturated rings. The molecule has 0 N–H and O–H groups in total. The number of hydrogen-bond donors (Lipinski definition) is 0. The zero-order valence-corrected chi connectivity index (χ0v) is 14.8. The van der Waals surface area contributed by atoms with Crippen molar-refractivity contribution in [2.75, 3.05) is 19.7 Å². The molecule has 24 heavy (non-hydrogen) atoms. The van der Waals surface area contributed by atoms with E-state index in [1.54, 1.807) is 24.3 Å². The van der Waals surface area contributed by atoms with E-state index in [1.807, 2.05) is 23.6 Å². The van der Waals surface area contributed by atoms with Crippen LogP contribution in [-0.2, 0) is 9.53 Å². The molecule has 0 aliphatic carbocycles. The molecule has 1 aromatic rings. The lowest BCUT2D eigenvalue weighted by atomic mass is 10.0. The minimum atomic E-state index is 0.00716. The summed E-state index contributed by atoms with van der Waals surface area (Å²) in [5.41, 5.74) is 0.641. The predicted molar refractivity (Wildman–Crippen MR) is 92.1 cm³/mol. The minimum Gasteiger partial charge on any atom is -0.366 e. The van der Waals surface area contributed by atoms with Crippen LogP contribution >= 0.6 is 11.6 Å². The first-order valence-corrected chi connectivity index (χ1v) is 8.83. The number of benzene rings is 1. The zero-order valence-electron chi connectivity index (χ0n) is 14.1. The Kier molecular flexibility index (Phi) is 5.11. The van der Waals surface area contributed by atoms with Gasteiger partial charge in [-0.15, -0.1) is 0 Å². The van der Waals surface area contributed by atoms with Gasteiger partial charge in [-0.3, -0.25) is 9.59 Å². The van der Waals surface area contributed by atoms with Gasteiger partial charge in [-0.1, -0.05) is 11.6 Å². The number of carbonyl (C=O) groups is 2. The Morgan fingerprint density at radius 1 is 1.21 bits per heavy atom. The van der Waals surface area contributed by atoms with E-state index in [0.29, 0.717) is 23.7 Å². The molecule has 5 nitrogen and oxygen atoms in total. The lowest BCUT2D eigenvalue weighted by Gasteiger charge is -2.42. The summed E-state index contributed by atoms with van der Waals surface area (Å²) in [6.45, 7) is 5.47. The van der Waals surface area contributed by atoms with Crippen LogP contribution in [0.25, 0.3) is 0 Å². The van der Waals surface area contributed by atoms with Gasteiger partial charge in [0.05, 0.1) is 12.1 Å². The maximum atomic E-state index is 12.7. The van der Waals surface area contributed by atoms with Crippen molar-refractivity contribution in [1.29, 1.82) is 0 Å². The SMILES string of the molecule is CC(C)N1C(=O)CO[C@H]2CCN(C(=O)c3ccc(Cl)cc3)CC[C@@H]21. The molecular formula is C18H23ClN2O3. The fraction of sp³-hybridized carbons (Fsp3) is 0.556. The van der Waals surface area contributed by atoms with E-state index in [2.05, 4.69) is 0 Å². The van der Waals surface area contributed by atoms with Crippen molar-refractivity contribution < 1.29 is 14.3 Å². The van der Waals surface area contributed by atoms with Gasteiger partial charge in [-0.25, -0.2) is 0 Å². The summed E-state index contributed by atoms with van der Waals surface area (Å²) in [7, 11) is 0. The molecule has 3 rings (SSSR count). The third-order valence-corrected chi connectivity index (χ3v) is 5.06. The average molecular weight is 351 g/mol. The molecule has 2 amide bonds. The van der Waals surface area contributed by atoms with E-state index in [4.69, 9.17) is 16.3 Å². The molecule has 1 aromatic carbocycles. The van der Waals surface area contributed by atoms with Crippen LogP contribution in [0, 0.1) is 0 Å². The molecule has 2 saturated heterocycles. The first-order chi connectivity index (χ1) is 11.5. The Morgan fingerprint density at radius 2 is 1.88 bits per heavy atom. The minimum absolute atomic E-state index is 0.00716. The highest BCUT2D eigenvalue weighted by Gasteiger charge is 2.40. The van der Waals surface area contributed by atoms with Gasteiger partial charge in [0.15, 0.2) is 0 Å². The van der Waals surface area contributed by atoms with Gasteiger partial charge in [0.25, 0.3) is 5.91 Å². The fourth-order valence-corrected chi connectivity index (χ4v) is 3.79.